The molecule has 1 fully saturated rings. The van der Waals surface area contributed by atoms with Gasteiger partial charge in [0.15, 0.2) is 5.76 Å². The molecule has 0 unspecified atom stereocenters. The standard InChI is InChI=1S/C14H20N2O5/c1-8-10(12(17)19-5)11(21-15-8)9-6-16(7-9)13(18)20-14(2,3)4/h9H,6-7H2,1-5H3. The summed E-state index contributed by atoms with van der Waals surface area (Å²) in [6.07, 6.45) is -0.366. The Bertz CT molecular complexity index is 552. The molecule has 2 rings (SSSR count). The van der Waals surface area contributed by atoms with Gasteiger partial charge in [-0.25, -0.2) is 9.59 Å². The van der Waals surface area contributed by atoms with Crippen LogP contribution in [-0.4, -0.2) is 47.9 Å². The summed E-state index contributed by atoms with van der Waals surface area (Å²) in [6.45, 7) is 8.01. The summed E-state index contributed by atoms with van der Waals surface area (Å²) >= 11 is 0. The smallest absolute Gasteiger partial charge is 0.410 e. The Morgan fingerprint density at radius 3 is 2.48 bits per heavy atom. The van der Waals surface area contributed by atoms with E-state index in [4.69, 9.17) is 14.0 Å². The molecular weight excluding hydrogens is 276 g/mol. The van der Waals surface area contributed by atoms with Gasteiger partial charge in [-0.15, -0.1) is 0 Å². The normalized spacial score (nSPS) is 15.6. The predicted molar refractivity (Wildman–Crippen MR) is 73.1 cm³/mol. The number of methoxy groups -OCH3 is 1. The van der Waals surface area contributed by atoms with E-state index in [9.17, 15) is 9.59 Å². The van der Waals surface area contributed by atoms with Crippen molar-refractivity contribution in [3.05, 3.63) is 17.0 Å². The van der Waals surface area contributed by atoms with Crippen molar-refractivity contribution in [2.75, 3.05) is 20.2 Å². The molecule has 7 nitrogen and oxygen atoms in total. The lowest BCUT2D eigenvalue weighted by Gasteiger charge is -2.38. The Labute approximate surface area is 123 Å². The van der Waals surface area contributed by atoms with E-state index in [0.29, 0.717) is 30.1 Å². The zero-order chi connectivity index (χ0) is 15.8. The number of aromatic nitrogens is 1. The van der Waals surface area contributed by atoms with Gasteiger partial charge in [-0.1, -0.05) is 5.16 Å². The molecule has 0 spiro atoms. The predicted octanol–water partition coefficient (Wildman–Crippen LogP) is 2.10. The van der Waals surface area contributed by atoms with Crippen molar-refractivity contribution in [1.82, 2.24) is 10.1 Å². The second-order valence-electron chi connectivity index (χ2n) is 6.08. The molecule has 0 radical (unpaired) electrons. The van der Waals surface area contributed by atoms with Crippen LogP contribution in [0.25, 0.3) is 0 Å². The van der Waals surface area contributed by atoms with Gasteiger partial charge in [0.05, 0.1) is 18.7 Å². The van der Waals surface area contributed by atoms with Crippen LogP contribution in [0.5, 0.6) is 0 Å². The maximum Gasteiger partial charge on any atom is 0.410 e. The van der Waals surface area contributed by atoms with E-state index in [1.54, 1.807) is 11.8 Å². The molecule has 0 N–H and O–H groups in total. The molecule has 1 aromatic rings. The molecule has 0 atom stereocenters. The van der Waals surface area contributed by atoms with E-state index < -0.39 is 11.6 Å². The Morgan fingerprint density at radius 2 is 1.95 bits per heavy atom. The Kier molecular flexibility index (Phi) is 3.93. The minimum Gasteiger partial charge on any atom is -0.465 e. The van der Waals surface area contributed by atoms with Crippen molar-refractivity contribution < 1.29 is 23.6 Å². The number of hydrogen-bond acceptors (Lipinski definition) is 6. The number of hydrogen-bond donors (Lipinski definition) is 0. The fraction of sp³-hybridized carbons (Fsp3) is 0.643. The number of ether oxygens (including phenoxy) is 2. The number of carbonyl (C=O) groups excluding carboxylic acids is 2. The van der Waals surface area contributed by atoms with Crippen LogP contribution in [0, 0.1) is 6.92 Å². The molecule has 0 bridgehead atoms. The number of likely N-dealkylation sites (tertiary alicyclic amines) is 1. The molecular formula is C14H20N2O5. The number of aryl methyl sites for hydroxylation is 1. The van der Waals surface area contributed by atoms with E-state index in [1.165, 1.54) is 7.11 Å². The molecule has 1 amide bonds. The van der Waals surface area contributed by atoms with Crippen molar-refractivity contribution >= 4 is 12.1 Å². The highest BCUT2D eigenvalue weighted by Crippen LogP contribution is 2.32. The Morgan fingerprint density at radius 1 is 1.33 bits per heavy atom. The van der Waals surface area contributed by atoms with Gasteiger partial charge in [-0.3, -0.25) is 0 Å². The molecule has 116 valence electrons. The van der Waals surface area contributed by atoms with Crippen LogP contribution in [0.2, 0.25) is 0 Å². The number of esters is 1. The summed E-state index contributed by atoms with van der Waals surface area (Å²) in [6, 6.07) is 0. The van der Waals surface area contributed by atoms with Gasteiger partial charge in [0, 0.05) is 13.1 Å². The highest BCUT2D eigenvalue weighted by atomic mass is 16.6. The SMILES string of the molecule is COC(=O)c1c(C)noc1C1CN(C(=O)OC(C)(C)C)C1. The lowest BCUT2D eigenvalue weighted by atomic mass is 9.94. The Balaban J connectivity index is 2.02. The summed E-state index contributed by atoms with van der Waals surface area (Å²) in [5, 5.41) is 3.81. The van der Waals surface area contributed by atoms with Crippen LogP contribution in [-0.2, 0) is 9.47 Å². The lowest BCUT2D eigenvalue weighted by Crippen LogP contribution is -2.50. The molecule has 7 heteroatoms. The summed E-state index contributed by atoms with van der Waals surface area (Å²) in [5.74, 6) is -0.0635. The van der Waals surface area contributed by atoms with Gasteiger partial charge in [-0.05, 0) is 27.7 Å². The third-order valence-electron chi connectivity index (χ3n) is 3.18. The van der Waals surface area contributed by atoms with Crippen molar-refractivity contribution in [2.24, 2.45) is 0 Å². The van der Waals surface area contributed by atoms with Gasteiger partial charge < -0.3 is 18.9 Å². The first kappa shape index (κ1) is 15.3. The monoisotopic (exact) mass is 296 g/mol. The molecule has 21 heavy (non-hydrogen) atoms. The zero-order valence-corrected chi connectivity index (χ0v) is 12.9. The lowest BCUT2D eigenvalue weighted by molar-refractivity contribution is 0.00594. The summed E-state index contributed by atoms with van der Waals surface area (Å²) in [7, 11) is 1.31. The number of amides is 1. The largest absolute Gasteiger partial charge is 0.465 e. The van der Waals surface area contributed by atoms with E-state index in [1.807, 2.05) is 20.8 Å². The highest BCUT2D eigenvalue weighted by Gasteiger charge is 2.39. The van der Waals surface area contributed by atoms with Crippen LogP contribution in [0.3, 0.4) is 0 Å². The van der Waals surface area contributed by atoms with Crippen LogP contribution in [0.4, 0.5) is 4.79 Å². The van der Waals surface area contributed by atoms with Crippen LogP contribution in [0.1, 0.15) is 48.5 Å². The Hall–Kier alpha value is -2.05. The van der Waals surface area contributed by atoms with Gasteiger partial charge >= 0.3 is 12.1 Å². The fourth-order valence-electron chi connectivity index (χ4n) is 2.14. The summed E-state index contributed by atoms with van der Waals surface area (Å²) in [5.41, 5.74) is 0.321. The zero-order valence-electron chi connectivity index (χ0n) is 12.9. The van der Waals surface area contributed by atoms with Crippen molar-refractivity contribution in [3.8, 4) is 0 Å². The highest BCUT2D eigenvalue weighted by molar-refractivity contribution is 5.91. The van der Waals surface area contributed by atoms with E-state index in [-0.39, 0.29) is 12.0 Å². The summed E-state index contributed by atoms with van der Waals surface area (Å²) < 4.78 is 15.2. The van der Waals surface area contributed by atoms with Crippen molar-refractivity contribution in [2.45, 2.75) is 39.2 Å². The molecule has 0 aromatic carbocycles. The maximum absolute atomic E-state index is 11.9. The van der Waals surface area contributed by atoms with Gasteiger partial charge in [-0.2, -0.15) is 0 Å². The number of rotatable bonds is 2. The molecule has 2 heterocycles. The van der Waals surface area contributed by atoms with Gasteiger partial charge in [0.25, 0.3) is 0 Å². The average molecular weight is 296 g/mol. The van der Waals surface area contributed by atoms with Gasteiger partial charge in [0.1, 0.15) is 11.2 Å². The average Bonchev–Trinajstić information content (AvgIpc) is 2.66. The second-order valence-corrected chi connectivity index (χ2v) is 6.08. The molecule has 1 aliphatic rings. The quantitative estimate of drug-likeness (QED) is 0.777. The minimum atomic E-state index is -0.526. The minimum absolute atomic E-state index is 0.0622. The molecule has 1 aliphatic heterocycles. The molecule has 1 aromatic heterocycles. The first-order valence-corrected chi connectivity index (χ1v) is 6.75. The molecule has 0 aliphatic carbocycles. The van der Waals surface area contributed by atoms with E-state index >= 15 is 0 Å². The van der Waals surface area contributed by atoms with Crippen molar-refractivity contribution in [3.63, 3.8) is 0 Å². The third-order valence-corrected chi connectivity index (χ3v) is 3.18. The first-order chi connectivity index (χ1) is 9.73. The van der Waals surface area contributed by atoms with Crippen LogP contribution < -0.4 is 0 Å². The summed E-state index contributed by atoms with van der Waals surface area (Å²) in [4.78, 5) is 25.2. The fourth-order valence-corrected chi connectivity index (χ4v) is 2.14. The third kappa shape index (κ3) is 3.17. The van der Waals surface area contributed by atoms with E-state index in [2.05, 4.69) is 5.16 Å². The number of carbonyl (C=O) groups is 2. The van der Waals surface area contributed by atoms with Crippen LogP contribution in [0.15, 0.2) is 4.52 Å². The van der Waals surface area contributed by atoms with E-state index in [0.717, 1.165) is 0 Å². The first-order valence-electron chi connectivity index (χ1n) is 6.75. The molecule has 1 saturated heterocycles. The van der Waals surface area contributed by atoms with Gasteiger partial charge in [0.2, 0.25) is 0 Å². The second kappa shape index (κ2) is 5.38. The number of nitrogens with zero attached hydrogens (tertiary/aromatic N) is 2. The van der Waals surface area contributed by atoms with Crippen LogP contribution >= 0.6 is 0 Å². The molecule has 0 saturated carbocycles. The topological polar surface area (TPSA) is 81.9 Å². The van der Waals surface area contributed by atoms with Crippen molar-refractivity contribution in [1.29, 1.82) is 0 Å². The maximum atomic E-state index is 11.9.